The summed E-state index contributed by atoms with van der Waals surface area (Å²) < 4.78 is 10.4. The van der Waals surface area contributed by atoms with Crippen molar-refractivity contribution in [1.82, 2.24) is 0 Å². The predicted octanol–water partition coefficient (Wildman–Crippen LogP) is 3.56. The highest BCUT2D eigenvalue weighted by Gasteiger charge is 2.26. The second-order valence-corrected chi connectivity index (χ2v) is 5.39. The van der Waals surface area contributed by atoms with Crippen molar-refractivity contribution in [2.75, 3.05) is 14.2 Å². The average molecular weight is 301 g/mol. The fourth-order valence-electron chi connectivity index (χ4n) is 2.07. The number of thiophene rings is 1. The van der Waals surface area contributed by atoms with Crippen molar-refractivity contribution in [3.8, 4) is 17.6 Å². The van der Waals surface area contributed by atoms with Gasteiger partial charge >= 0.3 is 0 Å². The van der Waals surface area contributed by atoms with Gasteiger partial charge in [0.15, 0.2) is 5.78 Å². The van der Waals surface area contributed by atoms with Crippen molar-refractivity contribution in [3.63, 3.8) is 0 Å². The molecular weight excluding hydrogens is 286 g/mol. The summed E-state index contributed by atoms with van der Waals surface area (Å²) in [5, 5.41) is 11.2. The molecule has 108 valence electrons. The summed E-state index contributed by atoms with van der Waals surface area (Å²) in [4.78, 5) is 13.0. The predicted molar refractivity (Wildman–Crippen MR) is 81.3 cm³/mol. The number of nitrogens with zero attached hydrogens (tertiary/aromatic N) is 1. The summed E-state index contributed by atoms with van der Waals surface area (Å²) in [7, 11) is 3.08. The Morgan fingerprint density at radius 1 is 1.24 bits per heavy atom. The van der Waals surface area contributed by atoms with Gasteiger partial charge in [-0.2, -0.15) is 5.26 Å². The van der Waals surface area contributed by atoms with Gasteiger partial charge in [0.1, 0.15) is 22.3 Å². The van der Waals surface area contributed by atoms with Crippen LogP contribution in [0.1, 0.15) is 26.7 Å². The molecule has 1 atom stereocenters. The van der Waals surface area contributed by atoms with Gasteiger partial charge in [-0.3, -0.25) is 4.79 Å². The van der Waals surface area contributed by atoms with E-state index in [2.05, 4.69) is 6.07 Å². The molecule has 1 heterocycles. The summed E-state index contributed by atoms with van der Waals surface area (Å²) >= 11 is 1.28. The van der Waals surface area contributed by atoms with Gasteiger partial charge in [0, 0.05) is 0 Å². The van der Waals surface area contributed by atoms with Crippen molar-refractivity contribution in [3.05, 3.63) is 45.6 Å². The topological polar surface area (TPSA) is 59.3 Å². The zero-order chi connectivity index (χ0) is 15.4. The zero-order valence-corrected chi connectivity index (χ0v) is 12.9. The van der Waals surface area contributed by atoms with Crippen LogP contribution in [0.3, 0.4) is 0 Å². The molecule has 2 aromatic rings. The van der Waals surface area contributed by atoms with E-state index in [-0.39, 0.29) is 5.78 Å². The third-order valence-electron chi connectivity index (χ3n) is 3.23. The van der Waals surface area contributed by atoms with Crippen molar-refractivity contribution in [2.45, 2.75) is 12.8 Å². The Morgan fingerprint density at radius 2 is 1.95 bits per heavy atom. The van der Waals surface area contributed by atoms with Crippen LogP contribution in [0.25, 0.3) is 0 Å². The second-order valence-electron chi connectivity index (χ2n) is 4.47. The molecule has 1 aromatic carbocycles. The molecule has 0 radical (unpaired) electrons. The minimum absolute atomic E-state index is 0.254. The summed E-state index contributed by atoms with van der Waals surface area (Å²) in [6.07, 6.45) is 0. The second kappa shape index (κ2) is 6.42. The van der Waals surface area contributed by atoms with Crippen LogP contribution in [0, 0.1) is 18.3 Å². The zero-order valence-electron chi connectivity index (χ0n) is 12.0. The van der Waals surface area contributed by atoms with E-state index in [1.807, 2.05) is 13.0 Å². The van der Waals surface area contributed by atoms with E-state index >= 15 is 0 Å². The highest BCUT2D eigenvalue weighted by molar-refractivity contribution is 7.12. The maximum Gasteiger partial charge on any atom is 0.198 e. The highest BCUT2D eigenvalue weighted by atomic mass is 32.1. The standard InChI is InChI=1S/C16H15NO3S/c1-10-4-5-11(8-14(10)20-3)12(9-17)15(18)16-13(19-2)6-7-21-16/h4-8,12H,1-3H3. The van der Waals surface area contributed by atoms with Crippen LogP contribution < -0.4 is 9.47 Å². The van der Waals surface area contributed by atoms with E-state index in [9.17, 15) is 10.1 Å². The number of Topliss-reactive ketones (excluding diaryl/α,β-unsaturated/α-hetero) is 1. The molecule has 1 aromatic heterocycles. The van der Waals surface area contributed by atoms with Crippen molar-refractivity contribution < 1.29 is 14.3 Å². The van der Waals surface area contributed by atoms with Crippen molar-refractivity contribution in [1.29, 1.82) is 5.26 Å². The maximum atomic E-state index is 12.6. The lowest BCUT2D eigenvalue weighted by atomic mass is 9.94. The smallest absolute Gasteiger partial charge is 0.198 e. The number of hydrogen-bond donors (Lipinski definition) is 0. The highest BCUT2D eigenvalue weighted by Crippen LogP contribution is 2.32. The van der Waals surface area contributed by atoms with Crippen LogP contribution in [-0.4, -0.2) is 20.0 Å². The summed E-state index contributed by atoms with van der Waals surface area (Å²) in [6.45, 7) is 1.91. The van der Waals surface area contributed by atoms with Crippen LogP contribution in [0.2, 0.25) is 0 Å². The monoisotopic (exact) mass is 301 g/mol. The van der Waals surface area contributed by atoms with Crippen LogP contribution in [0.5, 0.6) is 11.5 Å². The van der Waals surface area contributed by atoms with Gasteiger partial charge in [-0.25, -0.2) is 0 Å². The average Bonchev–Trinajstić information content (AvgIpc) is 2.97. The Morgan fingerprint density at radius 3 is 2.57 bits per heavy atom. The number of ketones is 1. The van der Waals surface area contributed by atoms with Crippen molar-refractivity contribution in [2.24, 2.45) is 0 Å². The number of carbonyl (C=O) groups is 1. The van der Waals surface area contributed by atoms with Gasteiger partial charge in [0.05, 0.1) is 20.3 Å². The lowest BCUT2D eigenvalue weighted by molar-refractivity contribution is 0.0980. The number of nitriles is 1. The van der Waals surface area contributed by atoms with E-state index in [1.165, 1.54) is 18.4 Å². The summed E-state index contributed by atoms with van der Waals surface area (Å²) in [6, 6.07) is 9.16. The Balaban J connectivity index is 2.41. The largest absolute Gasteiger partial charge is 0.496 e. The number of rotatable bonds is 5. The number of hydrogen-bond acceptors (Lipinski definition) is 5. The molecule has 0 saturated carbocycles. The number of carbonyl (C=O) groups excluding carboxylic acids is 1. The third kappa shape index (κ3) is 2.91. The molecule has 0 N–H and O–H groups in total. The SMILES string of the molecule is COc1cc(C(C#N)C(=O)c2sccc2OC)ccc1C. The Bertz CT molecular complexity index is 700. The minimum atomic E-state index is -0.868. The molecular formula is C16H15NO3S. The Kier molecular flexibility index (Phi) is 4.61. The first-order chi connectivity index (χ1) is 10.1. The van der Waals surface area contributed by atoms with Gasteiger partial charge in [0.2, 0.25) is 0 Å². The van der Waals surface area contributed by atoms with E-state index in [4.69, 9.17) is 9.47 Å². The molecule has 0 aliphatic heterocycles. The Hall–Kier alpha value is -2.32. The van der Waals surface area contributed by atoms with E-state index in [0.717, 1.165) is 5.56 Å². The molecule has 2 rings (SSSR count). The van der Waals surface area contributed by atoms with Gasteiger partial charge in [-0.1, -0.05) is 12.1 Å². The molecule has 1 unspecified atom stereocenters. The number of benzene rings is 1. The first kappa shape index (κ1) is 15.1. The summed E-state index contributed by atoms with van der Waals surface area (Å²) in [5.74, 6) is 0.0466. The first-order valence-corrected chi connectivity index (χ1v) is 7.20. The van der Waals surface area contributed by atoms with Crippen LogP contribution in [0.15, 0.2) is 29.6 Å². The molecule has 0 aliphatic carbocycles. The molecule has 0 amide bonds. The van der Waals surface area contributed by atoms with Gasteiger partial charge in [0.25, 0.3) is 0 Å². The Labute approximate surface area is 127 Å². The lowest BCUT2D eigenvalue weighted by Gasteiger charge is -2.11. The fraction of sp³-hybridized carbons (Fsp3) is 0.250. The van der Waals surface area contributed by atoms with E-state index in [1.54, 1.807) is 30.7 Å². The molecule has 21 heavy (non-hydrogen) atoms. The fourth-order valence-corrected chi connectivity index (χ4v) is 2.90. The molecule has 0 spiro atoms. The quantitative estimate of drug-likeness (QED) is 0.792. The number of aryl methyl sites for hydroxylation is 1. The maximum absolute atomic E-state index is 12.6. The normalized spacial score (nSPS) is 11.5. The van der Waals surface area contributed by atoms with Gasteiger partial charge < -0.3 is 9.47 Å². The molecule has 0 fully saturated rings. The van der Waals surface area contributed by atoms with E-state index < -0.39 is 5.92 Å². The minimum Gasteiger partial charge on any atom is -0.496 e. The van der Waals surface area contributed by atoms with Crippen LogP contribution in [0.4, 0.5) is 0 Å². The number of ether oxygens (including phenoxy) is 2. The van der Waals surface area contributed by atoms with E-state index in [0.29, 0.717) is 21.9 Å². The molecule has 0 saturated heterocycles. The first-order valence-electron chi connectivity index (χ1n) is 6.32. The lowest BCUT2D eigenvalue weighted by Crippen LogP contribution is -2.11. The van der Waals surface area contributed by atoms with Crippen LogP contribution in [-0.2, 0) is 0 Å². The molecule has 0 aliphatic rings. The summed E-state index contributed by atoms with van der Waals surface area (Å²) in [5.41, 5.74) is 1.58. The van der Waals surface area contributed by atoms with Gasteiger partial charge in [-0.05, 0) is 35.6 Å². The van der Waals surface area contributed by atoms with Crippen LogP contribution >= 0.6 is 11.3 Å². The molecule has 4 nitrogen and oxygen atoms in total. The number of methoxy groups -OCH3 is 2. The van der Waals surface area contributed by atoms with Crippen molar-refractivity contribution >= 4 is 17.1 Å². The molecule has 5 heteroatoms. The third-order valence-corrected chi connectivity index (χ3v) is 4.14. The van der Waals surface area contributed by atoms with Gasteiger partial charge in [-0.15, -0.1) is 11.3 Å². The molecule has 0 bridgehead atoms.